The first-order valence-electron chi connectivity index (χ1n) is 6.92. The van der Waals surface area contributed by atoms with Gasteiger partial charge in [-0.3, -0.25) is 0 Å². The molecule has 1 aliphatic carbocycles. The summed E-state index contributed by atoms with van der Waals surface area (Å²) in [5.74, 6) is -0.552. The van der Waals surface area contributed by atoms with Gasteiger partial charge in [-0.2, -0.15) is 0 Å². The smallest absolute Gasteiger partial charge is 0.131 e. The third-order valence-electron chi connectivity index (χ3n) is 3.64. The summed E-state index contributed by atoms with van der Waals surface area (Å²) in [4.78, 5) is 0. The van der Waals surface area contributed by atoms with Gasteiger partial charge in [-0.1, -0.05) is 17.7 Å². The maximum absolute atomic E-state index is 14.0. The van der Waals surface area contributed by atoms with Gasteiger partial charge in [-0.25, -0.2) is 8.78 Å². The molecule has 0 aliphatic heterocycles. The monoisotopic (exact) mass is 273 g/mol. The second kappa shape index (κ2) is 5.33. The first kappa shape index (κ1) is 13.3. The summed E-state index contributed by atoms with van der Waals surface area (Å²) in [7, 11) is 0. The molecule has 0 aromatic heterocycles. The van der Waals surface area contributed by atoms with E-state index in [4.69, 9.17) is 0 Å². The Hall–Kier alpha value is -1.74. The number of hydrogen-bond donors (Lipinski definition) is 1. The molecule has 1 fully saturated rings. The summed E-state index contributed by atoms with van der Waals surface area (Å²) in [5.41, 5.74) is 3.10. The van der Waals surface area contributed by atoms with E-state index in [1.54, 1.807) is 12.1 Å². The molecular formula is C17H17F2N. The minimum Gasteiger partial charge on any atom is -0.310 e. The van der Waals surface area contributed by atoms with Crippen LogP contribution >= 0.6 is 0 Å². The molecule has 0 unspecified atom stereocenters. The van der Waals surface area contributed by atoms with Crippen LogP contribution in [-0.2, 0) is 6.54 Å². The Morgan fingerprint density at radius 3 is 2.60 bits per heavy atom. The quantitative estimate of drug-likeness (QED) is 0.880. The maximum Gasteiger partial charge on any atom is 0.131 e. The maximum atomic E-state index is 14.0. The molecule has 2 aromatic rings. The van der Waals surface area contributed by atoms with E-state index in [0.29, 0.717) is 18.2 Å². The molecule has 0 radical (unpaired) electrons. The van der Waals surface area contributed by atoms with Gasteiger partial charge in [0.05, 0.1) is 0 Å². The highest BCUT2D eigenvalue weighted by atomic mass is 19.1. The Morgan fingerprint density at radius 1 is 1.05 bits per heavy atom. The fourth-order valence-corrected chi connectivity index (χ4v) is 2.36. The lowest BCUT2D eigenvalue weighted by Crippen LogP contribution is -2.16. The zero-order valence-corrected chi connectivity index (χ0v) is 11.4. The van der Waals surface area contributed by atoms with Gasteiger partial charge in [0.25, 0.3) is 0 Å². The van der Waals surface area contributed by atoms with E-state index in [0.717, 1.165) is 16.7 Å². The van der Waals surface area contributed by atoms with E-state index < -0.39 is 0 Å². The van der Waals surface area contributed by atoms with Gasteiger partial charge in [-0.05, 0) is 55.2 Å². The predicted octanol–water partition coefficient (Wildman–Crippen LogP) is 4.19. The zero-order valence-electron chi connectivity index (χ0n) is 11.4. The van der Waals surface area contributed by atoms with Crippen molar-refractivity contribution < 1.29 is 8.78 Å². The zero-order chi connectivity index (χ0) is 14.1. The van der Waals surface area contributed by atoms with Crippen molar-refractivity contribution in [1.29, 1.82) is 0 Å². The lowest BCUT2D eigenvalue weighted by atomic mass is 9.97. The first-order chi connectivity index (χ1) is 9.63. The van der Waals surface area contributed by atoms with Crippen LogP contribution in [0.1, 0.15) is 24.0 Å². The molecule has 2 aromatic carbocycles. The molecule has 0 amide bonds. The minimum absolute atomic E-state index is 0.269. The van der Waals surface area contributed by atoms with Crippen LogP contribution in [0, 0.1) is 18.6 Å². The molecule has 3 heteroatoms. The van der Waals surface area contributed by atoms with E-state index in [1.165, 1.54) is 31.0 Å². The Bertz CT molecular complexity index is 633. The molecule has 1 nitrogen and oxygen atoms in total. The van der Waals surface area contributed by atoms with Crippen molar-refractivity contribution in [3.05, 3.63) is 59.2 Å². The summed E-state index contributed by atoms with van der Waals surface area (Å²) < 4.78 is 27.5. The third-order valence-corrected chi connectivity index (χ3v) is 3.64. The molecule has 20 heavy (non-hydrogen) atoms. The van der Waals surface area contributed by atoms with Crippen molar-refractivity contribution in [3.63, 3.8) is 0 Å². The average Bonchev–Trinajstić information content (AvgIpc) is 3.24. The number of halogens is 2. The average molecular weight is 273 g/mol. The molecule has 0 heterocycles. The van der Waals surface area contributed by atoms with Crippen LogP contribution in [0.5, 0.6) is 0 Å². The van der Waals surface area contributed by atoms with Crippen LogP contribution in [0.3, 0.4) is 0 Å². The van der Waals surface area contributed by atoms with Crippen LogP contribution in [-0.4, -0.2) is 6.04 Å². The topological polar surface area (TPSA) is 12.0 Å². The molecule has 1 aliphatic rings. The van der Waals surface area contributed by atoms with Crippen molar-refractivity contribution in [3.8, 4) is 11.1 Å². The van der Waals surface area contributed by atoms with Crippen molar-refractivity contribution in [2.45, 2.75) is 32.4 Å². The summed E-state index contributed by atoms with van der Waals surface area (Å²) in [6.07, 6.45) is 2.34. The van der Waals surface area contributed by atoms with Crippen LogP contribution in [0.25, 0.3) is 11.1 Å². The lowest BCUT2D eigenvalue weighted by molar-refractivity contribution is 0.617. The highest BCUT2D eigenvalue weighted by Gasteiger charge is 2.21. The molecule has 1 saturated carbocycles. The lowest BCUT2D eigenvalue weighted by Gasteiger charge is -2.12. The summed E-state index contributed by atoms with van der Waals surface area (Å²) >= 11 is 0. The van der Waals surface area contributed by atoms with Crippen molar-refractivity contribution in [2.75, 3.05) is 0 Å². The third kappa shape index (κ3) is 2.88. The number of hydrogen-bond acceptors (Lipinski definition) is 1. The molecular weight excluding hydrogens is 256 g/mol. The van der Waals surface area contributed by atoms with Gasteiger partial charge >= 0.3 is 0 Å². The Balaban J connectivity index is 1.99. The highest BCUT2D eigenvalue weighted by Crippen LogP contribution is 2.29. The molecule has 0 bridgehead atoms. The SMILES string of the molecule is Cc1ccc(F)c(-c2ccc(F)cc2CNC2CC2)c1. The van der Waals surface area contributed by atoms with Crippen LogP contribution in [0.15, 0.2) is 36.4 Å². The van der Waals surface area contributed by atoms with Crippen molar-refractivity contribution in [1.82, 2.24) is 5.32 Å². The number of nitrogens with one attached hydrogen (secondary N) is 1. The van der Waals surface area contributed by atoms with Gasteiger partial charge in [0.15, 0.2) is 0 Å². The second-order valence-electron chi connectivity index (χ2n) is 5.44. The summed E-state index contributed by atoms with van der Waals surface area (Å²) in [6.45, 7) is 2.50. The second-order valence-corrected chi connectivity index (χ2v) is 5.44. The van der Waals surface area contributed by atoms with Crippen LogP contribution < -0.4 is 5.32 Å². The van der Waals surface area contributed by atoms with E-state index in [-0.39, 0.29) is 11.6 Å². The number of benzene rings is 2. The highest BCUT2D eigenvalue weighted by molar-refractivity contribution is 5.68. The predicted molar refractivity (Wildman–Crippen MR) is 76.4 cm³/mol. The van der Waals surface area contributed by atoms with E-state index in [9.17, 15) is 8.78 Å². The number of rotatable bonds is 4. The van der Waals surface area contributed by atoms with Gasteiger partial charge in [-0.15, -0.1) is 0 Å². The largest absolute Gasteiger partial charge is 0.310 e. The number of aryl methyl sites for hydroxylation is 1. The van der Waals surface area contributed by atoms with Crippen molar-refractivity contribution in [2.24, 2.45) is 0 Å². The first-order valence-corrected chi connectivity index (χ1v) is 6.92. The van der Waals surface area contributed by atoms with Crippen molar-refractivity contribution >= 4 is 0 Å². The standard InChI is InChI=1S/C17H17F2N/c1-11-2-7-17(19)16(8-11)15-6-3-13(18)9-12(15)10-20-14-4-5-14/h2-3,6-9,14,20H,4-5,10H2,1H3. The van der Waals surface area contributed by atoms with Gasteiger partial charge in [0.1, 0.15) is 11.6 Å². The molecule has 0 atom stereocenters. The Labute approximate surface area is 117 Å². The minimum atomic E-state index is -0.283. The fraction of sp³-hybridized carbons (Fsp3) is 0.294. The summed E-state index contributed by atoms with van der Waals surface area (Å²) in [6, 6.07) is 10.1. The normalized spacial score (nSPS) is 14.6. The Kier molecular flexibility index (Phi) is 3.53. The van der Waals surface area contributed by atoms with Gasteiger partial charge < -0.3 is 5.32 Å². The van der Waals surface area contributed by atoms with Gasteiger partial charge in [0, 0.05) is 18.2 Å². The Morgan fingerprint density at radius 2 is 1.85 bits per heavy atom. The van der Waals surface area contributed by atoms with Gasteiger partial charge in [0.2, 0.25) is 0 Å². The van der Waals surface area contributed by atoms with E-state index in [1.807, 2.05) is 13.0 Å². The van der Waals surface area contributed by atoms with Crippen LogP contribution in [0.4, 0.5) is 8.78 Å². The molecule has 3 rings (SSSR count). The fourth-order valence-electron chi connectivity index (χ4n) is 2.36. The molecule has 104 valence electrons. The van der Waals surface area contributed by atoms with Crippen LogP contribution in [0.2, 0.25) is 0 Å². The van der Waals surface area contributed by atoms with E-state index in [2.05, 4.69) is 5.32 Å². The molecule has 0 saturated heterocycles. The van der Waals surface area contributed by atoms with E-state index >= 15 is 0 Å². The molecule has 1 N–H and O–H groups in total. The summed E-state index contributed by atoms with van der Waals surface area (Å²) in [5, 5.41) is 3.36. The molecule has 0 spiro atoms.